The molecular weight excluding hydrogens is 857 g/mol. The fraction of sp³-hybridized carbons (Fsp3) is 0. The molecule has 0 atom stereocenters. The van der Waals surface area contributed by atoms with E-state index in [1.165, 1.54) is 0 Å². The summed E-state index contributed by atoms with van der Waals surface area (Å²) in [7, 11) is 0. The summed E-state index contributed by atoms with van der Waals surface area (Å²) in [4.78, 5) is 20.0. The zero-order chi connectivity index (χ0) is 46.4. The summed E-state index contributed by atoms with van der Waals surface area (Å²) in [5.41, 5.74) is 14.5. The molecule has 0 amide bonds. The van der Waals surface area contributed by atoms with Crippen molar-refractivity contribution in [3.63, 3.8) is 0 Å². The van der Waals surface area contributed by atoms with E-state index in [0.29, 0.717) is 17.6 Å². The SMILES string of the molecule is c1ccc(-c2ccc(-c3nc(-c4ccccc4)nc(-n4c5ccccc5c5cc(-c6ccc7c(c6)Oc6ccccc6N7c6ccc(N(c7ccccc7)c7ccccc7)cc6)ccc54)n3)cc2)cc1. The number of nitrogens with zero attached hydrogens (tertiary/aromatic N) is 6. The van der Waals surface area contributed by atoms with Crippen molar-refractivity contribution in [2.24, 2.45) is 0 Å². The lowest BCUT2D eigenvalue weighted by Crippen LogP contribution is -2.16. The Bertz CT molecular complexity index is 3800. The van der Waals surface area contributed by atoms with Crippen molar-refractivity contribution in [3.8, 4) is 62.5 Å². The Morgan fingerprint density at radius 3 is 1.51 bits per heavy atom. The smallest absolute Gasteiger partial charge is 0.238 e. The van der Waals surface area contributed by atoms with Crippen molar-refractivity contribution in [2.75, 3.05) is 9.80 Å². The minimum Gasteiger partial charge on any atom is -0.453 e. The van der Waals surface area contributed by atoms with Gasteiger partial charge in [0.25, 0.3) is 0 Å². The average molecular weight is 899 g/mol. The van der Waals surface area contributed by atoms with Crippen LogP contribution in [-0.4, -0.2) is 19.5 Å². The fourth-order valence-electron chi connectivity index (χ4n) is 9.69. The molecule has 1 aliphatic heterocycles. The van der Waals surface area contributed by atoms with Crippen LogP contribution in [-0.2, 0) is 0 Å². The Morgan fingerprint density at radius 2 is 0.814 bits per heavy atom. The number of benzene rings is 10. The molecule has 70 heavy (non-hydrogen) atoms. The number of hydrogen-bond donors (Lipinski definition) is 0. The van der Waals surface area contributed by atoms with Crippen molar-refractivity contribution < 1.29 is 4.74 Å². The van der Waals surface area contributed by atoms with Crippen molar-refractivity contribution in [1.82, 2.24) is 19.5 Å². The lowest BCUT2D eigenvalue weighted by atomic mass is 10.0. The molecule has 330 valence electrons. The Hall–Kier alpha value is -9.59. The van der Waals surface area contributed by atoms with Crippen molar-refractivity contribution >= 4 is 55.9 Å². The molecule has 0 N–H and O–H groups in total. The Kier molecular flexibility index (Phi) is 10.0. The number of hydrogen-bond acceptors (Lipinski definition) is 6. The van der Waals surface area contributed by atoms with E-state index in [-0.39, 0.29) is 0 Å². The van der Waals surface area contributed by atoms with E-state index in [4.69, 9.17) is 19.7 Å². The molecule has 7 nitrogen and oxygen atoms in total. The summed E-state index contributed by atoms with van der Waals surface area (Å²) in [6, 6.07) is 88.6. The highest BCUT2D eigenvalue weighted by molar-refractivity contribution is 6.10. The van der Waals surface area contributed by atoms with Gasteiger partial charge in [0.1, 0.15) is 0 Å². The van der Waals surface area contributed by atoms with E-state index in [1.54, 1.807) is 0 Å². The normalized spacial score (nSPS) is 11.8. The van der Waals surface area contributed by atoms with Crippen LogP contribution in [0.2, 0.25) is 0 Å². The molecule has 1 aliphatic rings. The average Bonchev–Trinajstić information content (AvgIpc) is 3.77. The standard InChI is InChI=1S/C63H42N6O/c1-5-17-43(18-6-1)44-29-31-46(32-30-44)62-64-61(45-19-7-2-8-20-45)65-63(66-62)69-55-26-14-13-25-53(55)54-41-47(33-39-56(54)69)48-34-40-58-60(42-48)70-59-28-16-15-27-57(59)68(58)52-37-35-51(36-38-52)67(49-21-9-3-10-22-49)50-23-11-4-12-24-50/h1-42H. The van der Waals surface area contributed by atoms with Gasteiger partial charge in [0.15, 0.2) is 23.1 Å². The van der Waals surface area contributed by atoms with E-state index in [9.17, 15) is 0 Å². The predicted molar refractivity (Wildman–Crippen MR) is 285 cm³/mol. The molecule has 10 aromatic carbocycles. The van der Waals surface area contributed by atoms with Gasteiger partial charge in [0, 0.05) is 44.6 Å². The first-order valence-corrected chi connectivity index (χ1v) is 23.4. The number of para-hydroxylation sites is 5. The van der Waals surface area contributed by atoms with Crippen molar-refractivity contribution in [1.29, 1.82) is 0 Å². The molecule has 7 heteroatoms. The van der Waals surface area contributed by atoms with Crippen LogP contribution in [0.3, 0.4) is 0 Å². The van der Waals surface area contributed by atoms with Crippen LogP contribution in [0.15, 0.2) is 255 Å². The topological polar surface area (TPSA) is 59.3 Å². The maximum absolute atomic E-state index is 6.74. The van der Waals surface area contributed by atoms with E-state index in [2.05, 4.69) is 221 Å². The summed E-state index contributed by atoms with van der Waals surface area (Å²) < 4.78 is 8.90. The highest BCUT2D eigenvalue weighted by atomic mass is 16.5. The van der Waals surface area contributed by atoms with Crippen LogP contribution in [0, 0.1) is 0 Å². The lowest BCUT2D eigenvalue weighted by Gasteiger charge is -2.33. The molecule has 12 aromatic rings. The molecule has 13 rings (SSSR count). The van der Waals surface area contributed by atoms with Gasteiger partial charge < -0.3 is 14.5 Å². The van der Waals surface area contributed by atoms with Gasteiger partial charge in [-0.15, -0.1) is 0 Å². The van der Waals surface area contributed by atoms with Gasteiger partial charge in [-0.1, -0.05) is 164 Å². The molecule has 0 bridgehead atoms. The largest absolute Gasteiger partial charge is 0.453 e. The van der Waals surface area contributed by atoms with Crippen LogP contribution in [0.1, 0.15) is 0 Å². The van der Waals surface area contributed by atoms with Crippen LogP contribution in [0.25, 0.3) is 72.8 Å². The van der Waals surface area contributed by atoms with Crippen LogP contribution >= 0.6 is 0 Å². The van der Waals surface area contributed by atoms with Crippen LogP contribution in [0.5, 0.6) is 11.5 Å². The number of ether oxygens (including phenoxy) is 1. The van der Waals surface area contributed by atoms with Gasteiger partial charge in [-0.25, -0.2) is 4.98 Å². The summed E-state index contributed by atoms with van der Waals surface area (Å²) in [5, 5.41) is 2.19. The number of fused-ring (bicyclic) bond motifs is 5. The first-order valence-electron chi connectivity index (χ1n) is 23.4. The van der Waals surface area contributed by atoms with Crippen LogP contribution < -0.4 is 14.5 Å². The maximum atomic E-state index is 6.74. The molecule has 3 heterocycles. The van der Waals surface area contributed by atoms with E-state index >= 15 is 0 Å². The Morgan fingerprint density at radius 1 is 0.329 bits per heavy atom. The first-order chi connectivity index (χ1) is 34.7. The zero-order valence-electron chi connectivity index (χ0n) is 37.8. The summed E-state index contributed by atoms with van der Waals surface area (Å²) >= 11 is 0. The molecule has 0 radical (unpaired) electrons. The number of rotatable bonds is 9. The van der Waals surface area contributed by atoms with Crippen molar-refractivity contribution in [3.05, 3.63) is 255 Å². The highest BCUT2D eigenvalue weighted by Gasteiger charge is 2.27. The van der Waals surface area contributed by atoms with E-state index in [1.807, 2.05) is 48.5 Å². The van der Waals surface area contributed by atoms with Gasteiger partial charge >= 0.3 is 0 Å². The predicted octanol–water partition coefficient (Wildman–Crippen LogP) is 16.7. The third-order valence-electron chi connectivity index (χ3n) is 13.0. The lowest BCUT2D eigenvalue weighted by molar-refractivity contribution is 0.477. The van der Waals surface area contributed by atoms with Gasteiger partial charge in [0.2, 0.25) is 5.95 Å². The second-order valence-electron chi connectivity index (χ2n) is 17.3. The first kappa shape index (κ1) is 40.7. The minimum absolute atomic E-state index is 0.553. The Balaban J connectivity index is 0.885. The summed E-state index contributed by atoms with van der Waals surface area (Å²) in [5.74, 6) is 3.34. The third kappa shape index (κ3) is 7.30. The Labute approximate surface area is 405 Å². The van der Waals surface area contributed by atoms with Gasteiger partial charge in [-0.05, 0) is 113 Å². The fourth-order valence-corrected chi connectivity index (χ4v) is 9.69. The van der Waals surface area contributed by atoms with Crippen LogP contribution in [0.4, 0.5) is 34.1 Å². The molecule has 0 spiro atoms. The highest BCUT2D eigenvalue weighted by Crippen LogP contribution is 2.52. The van der Waals surface area contributed by atoms with Gasteiger partial charge in [-0.2, -0.15) is 9.97 Å². The quantitative estimate of drug-likeness (QED) is 0.144. The summed E-state index contributed by atoms with van der Waals surface area (Å²) in [6.45, 7) is 0. The zero-order valence-corrected chi connectivity index (χ0v) is 37.8. The molecular formula is C63H42N6O. The molecule has 0 unspecified atom stereocenters. The third-order valence-corrected chi connectivity index (χ3v) is 13.0. The maximum Gasteiger partial charge on any atom is 0.238 e. The monoisotopic (exact) mass is 898 g/mol. The molecule has 0 fully saturated rings. The van der Waals surface area contributed by atoms with E-state index < -0.39 is 0 Å². The van der Waals surface area contributed by atoms with Crippen molar-refractivity contribution in [2.45, 2.75) is 0 Å². The van der Waals surface area contributed by atoms with Gasteiger partial charge in [0.05, 0.1) is 22.4 Å². The minimum atomic E-state index is 0.553. The summed E-state index contributed by atoms with van der Waals surface area (Å²) in [6.07, 6.45) is 0. The molecule has 2 aromatic heterocycles. The molecule has 0 saturated carbocycles. The number of anilines is 6. The second-order valence-corrected chi connectivity index (χ2v) is 17.3. The van der Waals surface area contributed by atoms with Gasteiger partial charge in [-0.3, -0.25) is 4.57 Å². The number of aromatic nitrogens is 4. The second kappa shape index (κ2) is 17.2. The molecule has 0 saturated heterocycles. The molecule has 0 aliphatic carbocycles. The van der Waals surface area contributed by atoms with E-state index in [0.717, 1.165) is 101 Å².